The van der Waals surface area contributed by atoms with Crippen LogP contribution in [-0.4, -0.2) is 22.4 Å². The SMILES string of the molecule is Cc1cnc(C)c(N(CC(N)=O)Cc2ccccc2N)n1. The summed E-state index contributed by atoms with van der Waals surface area (Å²) >= 11 is 0. The summed E-state index contributed by atoms with van der Waals surface area (Å²) in [5.74, 6) is 0.226. The normalized spacial score (nSPS) is 10.4. The van der Waals surface area contributed by atoms with E-state index in [1.54, 1.807) is 11.1 Å². The van der Waals surface area contributed by atoms with E-state index in [9.17, 15) is 4.79 Å². The number of benzene rings is 1. The second-order valence-electron chi connectivity index (χ2n) is 4.94. The standard InChI is InChI=1S/C15H19N5O/c1-10-7-18-11(2)15(19-10)20(9-14(17)21)8-12-5-3-4-6-13(12)16/h3-7H,8-9,16H2,1-2H3,(H2,17,21). The number of nitrogens with two attached hydrogens (primary N) is 2. The van der Waals surface area contributed by atoms with E-state index >= 15 is 0 Å². The van der Waals surface area contributed by atoms with E-state index in [2.05, 4.69) is 9.97 Å². The second kappa shape index (κ2) is 6.21. The number of hydrogen-bond donors (Lipinski definition) is 2. The molecule has 2 aromatic rings. The van der Waals surface area contributed by atoms with Gasteiger partial charge in [0.2, 0.25) is 5.91 Å². The van der Waals surface area contributed by atoms with Crippen LogP contribution in [0.25, 0.3) is 0 Å². The van der Waals surface area contributed by atoms with Crippen molar-refractivity contribution in [3.63, 3.8) is 0 Å². The van der Waals surface area contributed by atoms with Crippen molar-refractivity contribution in [2.45, 2.75) is 20.4 Å². The van der Waals surface area contributed by atoms with Gasteiger partial charge in [-0.3, -0.25) is 9.78 Å². The van der Waals surface area contributed by atoms with Crippen molar-refractivity contribution in [2.24, 2.45) is 5.73 Å². The summed E-state index contributed by atoms with van der Waals surface area (Å²) in [6.07, 6.45) is 1.69. The van der Waals surface area contributed by atoms with Gasteiger partial charge in [0, 0.05) is 18.4 Å². The van der Waals surface area contributed by atoms with Crippen LogP contribution in [0.1, 0.15) is 17.0 Å². The summed E-state index contributed by atoms with van der Waals surface area (Å²) in [5, 5.41) is 0. The van der Waals surface area contributed by atoms with Crippen LogP contribution in [0.4, 0.5) is 11.5 Å². The molecule has 1 heterocycles. The number of hydrogen-bond acceptors (Lipinski definition) is 5. The third kappa shape index (κ3) is 3.68. The molecular formula is C15H19N5O. The van der Waals surface area contributed by atoms with Gasteiger partial charge in [-0.1, -0.05) is 18.2 Å². The van der Waals surface area contributed by atoms with Gasteiger partial charge in [-0.25, -0.2) is 4.98 Å². The Kier molecular flexibility index (Phi) is 4.37. The molecule has 110 valence electrons. The fourth-order valence-electron chi connectivity index (χ4n) is 2.10. The predicted octanol–water partition coefficient (Wildman–Crippen LogP) is 1.17. The number of aryl methyl sites for hydroxylation is 2. The first kappa shape index (κ1) is 14.8. The lowest BCUT2D eigenvalue weighted by molar-refractivity contribution is -0.116. The van der Waals surface area contributed by atoms with E-state index in [1.807, 2.05) is 38.1 Å². The van der Waals surface area contributed by atoms with Gasteiger partial charge >= 0.3 is 0 Å². The van der Waals surface area contributed by atoms with Gasteiger partial charge < -0.3 is 16.4 Å². The van der Waals surface area contributed by atoms with Crippen LogP contribution >= 0.6 is 0 Å². The van der Waals surface area contributed by atoms with Gasteiger partial charge in [0.1, 0.15) is 0 Å². The lowest BCUT2D eigenvalue weighted by Crippen LogP contribution is -2.34. The van der Waals surface area contributed by atoms with Crippen LogP contribution in [-0.2, 0) is 11.3 Å². The number of aromatic nitrogens is 2. The van der Waals surface area contributed by atoms with Crippen LogP contribution in [0.15, 0.2) is 30.5 Å². The number of amides is 1. The Bertz CT molecular complexity index is 656. The summed E-state index contributed by atoms with van der Waals surface area (Å²) in [6.45, 7) is 4.22. The van der Waals surface area contributed by atoms with Gasteiger partial charge in [0.25, 0.3) is 0 Å². The summed E-state index contributed by atoms with van der Waals surface area (Å²) in [7, 11) is 0. The summed E-state index contributed by atoms with van der Waals surface area (Å²) in [4.78, 5) is 21.9. The molecule has 0 saturated carbocycles. The van der Waals surface area contributed by atoms with Crippen molar-refractivity contribution < 1.29 is 4.79 Å². The lowest BCUT2D eigenvalue weighted by atomic mass is 10.1. The zero-order valence-corrected chi connectivity index (χ0v) is 12.2. The van der Waals surface area contributed by atoms with Crippen molar-refractivity contribution in [1.29, 1.82) is 0 Å². The summed E-state index contributed by atoms with van der Waals surface area (Å²) < 4.78 is 0. The largest absolute Gasteiger partial charge is 0.398 e. The molecule has 0 aliphatic heterocycles. The van der Waals surface area contributed by atoms with Gasteiger partial charge in [-0.05, 0) is 25.5 Å². The van der Waals surface area contributed by atoms with Gasteiger partial charge in [0.05, 0.1) is 17.9 Å². The molecule has 0 fully saturated rings. The molecule has 6 heteroatoms. The number of carbonyl (C=O) groups excluding carboxylic acids is 1. The molecule has 0 unspecified atom stereocenters. The van der Waals surface area contributed by atoms with Crippen LogP contribution in [0, 0.1) is 13.8 Å². The maximum absolute atomic E-state index is 11.4. The molecule has 4 N–H and O–H groups in total. The second-order valence-corrected chi connectivity index (χ2v) is 4.94. The van der Waals surface area contributed by atoms with Crippen molar-refractivity contribution in [3.8, 4) is 0 Å². The van der Waals surface area contributed by atoms with Crippen LogP contribution < -0.4 is 16.4 Å². The van der Waals surface area contributed by atoms with Crippen molar-refractivity contribution in [3.05, 3.63) is 47.4 Å². The molecular weight excluding hydrogens is 266 g/mol. The van der Waals surface area contributed by atoms with E-state index in [4.69, 9.17) is 11.5 Å². The molecule has 0 saturated heterocycles. The Morgan fingerprint density at radius 2 is 2.00 bits per heavy atom. The number of nitrogens with zero attached hydrogens (tertiary/aromatic N) is 3. The molecule has 0 radical (unpaired) electrons. The van der Waals surface area contributed by atoms with E-state index in [0.29, 0.717) is 18.1 Å². The average molecular weight is 285 g/mol. The number of rotatable bonds is 5. The Labute approximate surface area is 123 Å². The number of primary amides is 1. The van der Waals surface area contributed by atoms with Crippen molar-refractivity contribution >= 4 is 17.4 Å². The van der Waals surface area contributed by atoms with Crippen molar-refractivity contribution in [2.75, 3.05) is 17.2 Å². The Morgan fingerprint density at radius 1 is 1.29 bits per heavy atom. The summed E-state index contributed by atoms with van der Waals surface area (Å²) in [6, 6.07) is 7.52. The van der Waals surface area contributed by atoms with E-state index in [0.717, 1.165) is 17.0 Å². The zero-order valence-electron chi connectivity index (χ0n) is 12.2. The fourth-order valence-corrected chi connectivity index (χ4v) is 2.10. The third-order valence-corrected chi connectivity index (χ3v) is 3.11. The van der Waals surface area contributed by atoms with Crippen molar-refractivity contribution in [1.82, 2.24) is 9.97 Å². The quantitative estimate of drug-likeness (QED) is 0.803. The maximum Gasteiger partial charge on any atom is 0.237 e. The zero-order chi connectivity index (χ0) is 15.4. The van der Waals surface area contributed by atoms with Gasteiger partial charge in [-0.2, -0.15) is 0 Å². The summed E-state index contributed by atoms with van der Waals surface area (Å²) in [5.41, 5.74) is 14.4. The molecule has 1 aromatic heterocycles. The third-order valence-electron chi connectivity index (χ3n) is 3.11. The predicted molar refractivity (Wildman–Crippen MR) is 82.6 cm³/mol. The fraction of sp³-hybridized carbons (Fsp3) is 0.267. The first-order valence-electron chi connectivity index (χ1n) is 6.64. The Morgan fingerprint density at radius 3 is 2.67 bits per heavy atom. The highest BCUT2D eigenvalue weighted by Gasteiger charge is 2.16. The first-order chi connectivity index (χ1) is 9.97. The van der Waals surface area contributed by atoms with E-state index < -0.39 is 5.91 Å². The number of carbonyl (C=O) groups is 1. The van der Waals surface area contributed by atoms with Gasteiger partial charge in [-0.15, -0.1) is 0 Å². The van der Waals surface area contributed by atoms with E-state index in [1.165, 1.54) is 0 Å². The smallest absolute Gasteiger partial charge is 0.237 e. The van der Waals surface area contributed by atoms with Gasteiger partial charge in [0.15, 0.2) is 5.82 Å². The molecule has 1 aromatic carbocycles. The minimum Gasteiger partial charge on any atom is -0.398 e. The van der Waals surface area contributed by atoms with Crippen LogP contribution in [0.2, 0.25) is 0 Å². The Hall–Kier alpha value is -2.63. The Balaban J connectivity index is 2.37. The highest BCUT2D eigenvalue weighted by molar-refractivity contribution is 5.79. The molecule has 0 aliphatic rings. The van der Waals surface area contributed by atoms with Crippen LogP contribution in [0.5, 0.6) is 0 Å². The highest BCUT2D eigenvalue weighted by Crippen LogP contribution is 2.20. The average Bonchev–Trinajstić information content (AvgIpc) is 2.43. The topological polar surface area (TPSA) is 98.1 Å². The molecule has 1 amide bonds. The molecule has 2 rings (SSSR count). The number of nitrogen functional groups attached to an aromatic ring is 1. The number of para-hydroxylation sites is 1. The van der Waals surface area contributed by atoms with Crippen LogP contribution in [0.3, 0.4) is 0 Å². The number of anilines is 2. The maximum atomic E-state index is 11.4. The molecule has 0 aliphatic carbocycles. The molecule has 0 spiro atoms. The minimum atomic E-state index is -0.424. The lowest BCUT2D eigenvalue weighted by Gasteiger charge is -2.24. The monoisotopic (exact) mass is 285 g/mol. The minimum absolute atomic E-state index is 0.0628. The molecule has 0 atom stereocenters. The van der Waals surface area contributed by atoms with E-state index in [-0.39, 0.29) is 6.54 Å². The highest BCUT2D eigenvalue weighted by atomic mass is 16.1. The molecule has 21 heavy (non-hydrogen) atoms. The molecule has 6 nitrogen and oxygen atoms in total. The first-order valence-corrected chi connectivity index (χ1v) is 6.64. The molecule has 0 bridgehead atoms.